The average molecular weight is 296 g/mol. The minimum absolute atomic E-state index is 0.0750. The monoisotopic (exact) mass is 296 g/mol. The minimum Gasteiger partial charge on any atom is -0.376 e. The molecule has 0 aromatic heterocycles. The second kappa shape index (κ2) is 8.74. The van der Waals surface area contributed by atoms with Crippen LogP contribution in [0.5, 0.6) is 0 Å². The van der Waals surface area contributed by atoms with Crippen LogP contribution in [0.3, 0.4) is 0 Å². The molecule has 3 atom stereocenters. The van der Waals surface area contributed by atoms with E-state index in [0.717, 1.165) is 25.7 Å². The van der Waals surface area contributed by atoms with Crippen molar-refractivity contribution >= 4 is 5.91 Å². The van der Waals surface area contributed by atoms with Crippen molar-refractivity contribution in [3.63, 3.8) is 0 Å². The van der Waals surface area contributed by atoms with Crippen LogP contribution in [-0.2, 0) is 9.53 Å². The second-order valence-corrected chi connectivity index (χ2v) is 6.90. The van der Waals surface area contributed by atoms with E-state index in [1.54, 1.807) is 0 Å². The lowest BCUT2D eigenvalue weighted by Crippen LogP contribution is -2.39. The van der Waals surface area contributed by atoms with Gasteiger partial charge in [-0.05, 0) is 38.0 Å². The predicted molar refractivity (Wildman–Crippen MR) is 84.9 cm³/mol. The van der Waals surface area contributed by atoms with Crippen LogP contribution in [0, 0.1) is 11.8 Å². The van der Waals surface area contributed by atoms with Crippen LogP contribution in [0.1, 0.15) is 64.7 Å². The Morgan fingerprint density at radius 2 is 1.95 bits per heavy atom. The number of ether oxygens (including phenoxy) is 1. The van der Waals surface area contributed by atoms with Crippen LogP contribution in [0.15, 0.2) is 0 Å². The van der Waals surface area contributed by atoms with Gasteiger partial charge in [-0.15, -0.1) is 0 Å². The molecule has 1 amide bonds. The summed E-state index contributed by atoms with van der Waals surface area (Å²) in [7, 11) is 0. The fourth-order valence-electron chi connectivity index (χ4n) is 3.73. The number of nitrogens with two attached hydrogens (primary N) is 1. The first-order valence-electron chi connectivity index (χ1n) is 8.81. The van der Waals surface area contributed by atoms with Gasteiger partial charge in [0.15, 0.2) is 0 Å². The molecule has 0 saturated heterocycles. The Balaban J connectivity index is 1.59. The molecule has 2 aliphatic carbocycles. The molecule has 122 valence electrons. The molecule has 4 heteroatoms. The first-order chi connectivity index (χ1) is 10.2. The molecule has 2 fully saturated rings. The van der Waals surface area contributed by atoms with Gasteiger partial charge in [0.2, 0.25) is 5.91 Å². The van der Waals surface area contributed by atoms with Crippen molar-refractivity contribution in [2.45, 2.75) is 76.9 Å². The molecule has 0 bridgehead atoms. The first kappa shape index (κ1) is 16.8. The summed E-state index contributed by atoms with van der Waals surface area (Å²) in [5.74, 6) is 0.695. The highest BCUT2D eigenvalue weighted by Gasteiger charge is 2.28. The molecular formula is C17H32N2O2. The van der Waals surface area contributed by atoms with E-state index >= 15 is 0 Å². The second-order valence-electron chi connectivity index (χ2n) is 6.90. The van der Waals surface area contributed by atoms with Crippen LogP contribution in [-0.4, -0.2) is 31.2 Å². The van der Waals surface area contributed by atoms with Gasteiger partial charge in [-0.3, -0.25) is 4.79 Å². The van der Waals surface area contributed by atoms with Crippen molar-refractivity contribution in [3.05, 3.63) is 0 Å². The lowest BCUT2D eigenvalue weighted by atomic mass is 9.78. The van der Waals surface area contributed by atoms with Gasteiger partial charge in [0, 0.05) is 18.5 Å². The van der Waals surface area contributed by atoms with E-state index in [2.05, 4.69) is 5.32 Å². The number of carbonyl (C=O) groups is 1. The number of carbonyl (C=O) groups excluding carboxylic acids is 1. The lowest BCUT2D eigenvalue weighted by Gasteiger charge is -2.30. The Bertz CT molecular complexity index is 316. The first-order valence-corrected chi connectivity index (χ1v) is 8.81. The van der Waals surface area contributed by atoms with E-state index in [4.69, 9.17) is 10.5 Å². The fraction of sp³-hybridized carbons (Fsp3) is 0.941. The smallest absolute Gasteiger partial charge is 0.223 e. The molecule has 4 nitrogen and oxygen atoms in total. The SMILES string of the molecule is CC(C(=O)NCCOC1CCCCC1)C1CCCC(N)C1. The highest BCUT2D eigenvalue weighted by Crippen LogP contribution is 2.29. The maximum absolute atomic E-state index is 12.2. The summed E-state index contributed by atoms with van der Waals surface area (Å²) in [6.07, 6.45) is 11.1. The van der Waals surface area contributed by atoms with Gasteiger partial charge in [-0.2, -0.15) is 0 Å². The highest BCUT2D eigenvalue weighted by molar-refractivity contribution is 5.78. The number of nitrogens with one attached hydrogen (secondary N) is 1. The molecule has 3 N–H and O–H groups in total. The molecule has 3 unspecified atom stereocenters. The van der Waals surface area contributed by atoms with Crippen molar-refractivity contribution < 1.29 is 9.53 Å². The van der Waals surface area contributed by atoms with E-state index < -0.39 is 0 Å². The highest BCUT2D eigenvalue weighted by atomic mass is 16.5. The molecule has 0 heterocycles. The Hall–Kier alpha value is -0.610. The number of rotatable bonds is 6. The molecule has 0 spiro atoms. The Morgan fingerprint density at radius 1 is 1.19 bits per heavy atom. The van der Waals surface area contributed by atoms with Crippen molar-refractivity contribution in [1.82, 2.24) is 5.32 Å². The summed E-state index contributed by atoms with van der Waals surface area (Å²) in [5, 5.41) is 3.03. The molecule has 0 radical (unpaired) electrons. The van der Waals surface area contributed by atoms with Crippen molar-refractivity contribution in [3.8, 4) is 0 Å². The molecule has 21 heavy (non-hydrogen) atoms. The number of hydrogen-bond donors (Lipinski definition) is 2. The standard InChI is InChI=1S/C17H32N2O2/c1-13(14-6-5-7-15(18)12-14)17(20)19-10-11-21-16-8-3-2-4-9-16/h13-16H,2-12,18H2,1H3,(H,19,20). The molecule has 0 aliphatic heterocycles. The van der Waals surface area contributed by atoms with E-state index in [-0.39, 0.29) is 17.9 Å². The summed E-state index contributed by atoms with van der Waals surface area (Å²) >= 11 is 0. The number of amides is 1. The van der Waals surface area contributed by atoms with Crippen LogP contribution < -0.4 is 11.1 Å². The van der Waals surface area contributed by atoms with Gasteiger partial charge in [0.1, 0.15) is 0 Å². The predicted octanol–water partition coefficient (Wildman–Crippen LogP) is 2.61. The normalized spacial score (nSPS) is 29.0. The maximum Gasteiger partial charge on any atom is 0.223 e. The van der Waals surface area contributed by atoms with Crippen LogP contribution >= 0.6 is 0 Å². The van der Waals surface area contributed by atoms with Crippen molar-refractivity contribution in [1.29, 1.82) is 0 Å². The van der Waals surface area contributed by atoms with Crippen LogP contribution in [0.25, 0.3) is 0 Å². The Kier molecular flexibility index (Phi) is 6.97. The quantitative estimate of drug-likeness (QED) is 0.741. The summed E-state index contributed by atoms with van der Waals surface area (Å²) in [5.41, 5.74) is 6.02. The Labute approximate surface area is 129 Å². The van der Waals surface area contributed by atoms with Gasteiger partial charge in [-0.25, -0.2) is 0 Å². The molecule has 0 aromatic carbocycles. The fourth-order valence-corrected chi connectivity index (χ4v) is 3.73. The zero-order chi connectivity index (χ0) is 15.1. The molecular weight excluding hydrogens is 264 g/mol. The summed E-state index contributed by atoms with van der Waals surface area (Å²) in [6.45, 7) is 3.33. The van der Waals surface area contributed by atoms with Crippen LogP contribution in [0.2, 0.25) is 0 Å². The van der Waals surface area contributed by atoms with E-state index in [9.17, 15) is 4.79 Å². The largest absolute Gasteiger partial charge is 0.376 e. The zero-order valence-electron chi connectivity index (χ0n) is 13.5. The Morgan fingerprint density at radius 3 is 2.67 bits per heavy atom. The summed E-state index contributed by atoms with van der Waals surface area (Å²) < 4.78 is 5.84. The average Bonchev–Trinajstić information content (AvgIpc) is 2.51. The number of hydrogen-bond acceptors (Lipinski definition) is 3. The third kappa shape index (κ3) is 5.59. The lowest BCUT2D eigenvalue weighted by molar-refractivity contribution is -0.126. The van der Waals surface area contributed by atoms with E-state index in [1.165, 1.54) is 32.1 Å². The van der Waals surface area contributed by atoms with Gasteiger partial charge >= 0.3 is 0 Å². The summed E-state index contributed by atoms with van der Waals surface area (Å²) in [6, 6.07) is 0.286. The molecule has 2 rings (SSSR count). The molecule has 0 aromatic rings. The molecule has 2 saturated carbocycles. The van der Waals surface area contributed by atoms with E-state index in [1.807, 2.05) is 6.92 Å². The van der Waals surface area contributed by atoms with Gasteiger partial charge in [-0.1, -0.05) is 32.6 Å². The van der Waals surface area contributed by atoms with E-state index in [0.29, 0.717) is 25.2 Å². The van der Waals surface area contributed by atoms with Gasteiger partial charge in [0.25, 0.3) is 0 Å². The minimum atomic E-state index is 0.0750. The van der Waals surface area contributed by atoms with Crippen molar-refractivity contribution in [2.75, 3.05) is 13.2 Å². The third-order valence-corrected chi connectivity index (χ3v) is 5.18. The van der Waals surface area contributed by atoms with Gasteiger partial charge < -0.3 is 15.8 Å². The van der Waals surface area contributed by atoms with Crippen molar-refractivity contribution in [2.24, 2.45) is 17.6 Å². The maximum atomic E-state index is 12.2. The summed E-state index contributed by atoms with van der Waals surface area (Å²) in [4.78, 5) is 12.2. The third-order valence-electron chi connectivity index (χ3n) is 5.18. The molecule has 2 aliphatic rings. The topological polar surface area (TPSA) is 64.3 Å². The van der Waals surface area contributed by atoms with Crippen LogP contribution in [0.4, 0.5) is 0 Å². The zero-order valence-corrected chi connectivity index (χ0v) is 13.5. The van der Waals surface area contributed by atoms with Gasteiger partial charge in [0.05, 0.1) is 12.7 Å².